The molecule has 26 heavy (non-hydrogen) atoms. The number of fused-ring (bicyclic) bond motifs is 1. The van der Waals surface area contributed by atoms with Crippen LogP contribution < -0.4 is 9.80 Å². The van der Waals surface area contributed by atoms with Crippen LogP contribution in [0.1, 0.15) is 24.5 Å². The fourth-order valence-electron chi connectivity index (χ4n) is 3.40. The number of piperazine rings is 1. The van der Waals surface area contributed by atoms with E-state index in [9.17, 15) is 0 Å². The van der Waals surface area contributed by atoms with E-state index in [2.05, 4.69) is 41.8 Å². The van der Waals surface area contributed by atoms with Crippen LogP contribution >= 0.6 is 22.9 Å². The maximum absolute atomic E-state index is 6.01. The molecule has 136 valence electrons. The lowest BCUT2D eigenvalue weighted by Crippen LogP contribution is -2.47. The summed E-state index contributed by atoms with van der Waals surface area (Å²) in [5.41, 5.74) is 1.24. The largest absolute Gasteiger partial charge is 0.368 e. The Morgan fingerprint density at radius 1 is 0.962 bits per heavy atom. The summed E-state index contributed by atoms with van der Waals surface area (Å²) < 4.78 is 0. The summed E-state index contributed by atoms with van der Waals surface area (Å²) >= 11 is 7.81. The van der Waals surface area contributed by atoms with Gasteiger partial charge in [-0.3, -0.25) is 0 Å². The van der Waals surface area contributed by atoms with Gasteiger partial charge in [-0.15, -0.1) is 11.3 Å². The molecule has 0 unspecified atom stereocenters. The van der Waals surface area contributed by atoms with E-state index in [1.807, 2.05) is 12.1 Å². The average Bonchev–Trinajstić information content (AvgIpc) is 3.11. The number of anilines is 2. The van der Waals surface area contributed by atoms with Crippen LogP contribution in [0.2, 0.25) is 5.02 Å². The van der Waals surface area contributed by atoms with Gasteiger partial charge in [-0.25, -0.2) is 9.97 Å². The fraction of sp³-hybridized carbons (Fsp3) is 0.400. The van der Waals surface area contributed by atoms with E-state index in [0.717, 1.165) is 60.5 Å². The molecule has 6 heteroatoms. The first kappa shape index (κ1) is 17.6. The quantitative estimate of drug-likeness (QED) is 0.644. The van der Waals surface area contributed by atoms with Gasteiger partial charge in [0.1, 0.15) is 16.5 Å². The van der Waals surface area contributed by atoms with Gasteiger partial charge in [-0.05, 0) is 36.8 Å². The van der Waals surface area contributed by atoms with Crippen LogP contribution in [-0.2, 0) is 12.8 Å². The highest BCUT2D eigenvalue weighted by molar-refractivity contribution is 7.18. The third-order valence-electron chi connectivity index (χ3n) is 4.91. The summed E-state index contributed by atoms with van der Waals surface area (Å²) in [4.78, 5) is 17.0. The molecule has 1 fully saturated rings. The van der Waals surface area contributed by atoms with Crippen LogP contribution in [0.15, 0.2) is 30.3 Å². The second kappa shape index (κ2) is 7.41. The molecule has 0 bridgehead atoms. The summed E-state index contributed by atoms with van der Waals surface area (Å²) in [5, 5.41) is 2.00. The Morgan fingerprint density at radius 3 is 2.31 bits per heavy atom. The Hall–Kier alpha value is -1.85. The van der Waals surface area contributed by atoms with Crippen molar-refractivity contribution in [3.8, 4) is 0 Å². The van der Waals surface area contributed by atoms with Gasteiger partial charge in [0, 0.05) is 48.2 Å². The molecular weight excluding hydrogens is 364 g/mol. The van der Waals surface area contributed by atoms with Crippen molar-refractivity contribution in [1.29, 1.82) is 0 Å². The van der Waals surface area contributed by atoms with E-state index < -0.39 is 0 Å². The minimum atomic E-state index is 0.784. The predicted molar refractivity (Wildman–Crippen MR) is 112 cm³/mol. The number of rotatable bonds is 4. The second-order valence-corrected chi connectivity index (χ2v) is 8.10. The first-order chi connectivity index (χ1) is 12.7. The molecule has 1 aliphatic heterocycles. The summed E-state index contributed by atoms with van der Waals surface area (Å²) in [6.45, 7) is 8.23. The number of nitrogens with zero attached hydrogens (tertiary/aromatic N) is 4. The minimum absolute atomic E-state index is 0.784. The summed E-state index contributed by atoms with van der Waals surface area (Å²) in [6, 6.07) is 10.4. The molecule has 3 aromatic rings. The third-order valence-corrected chi connectivity index (χ3v) is 6.33. The second-order valence-electron chi connectivity index (χ2n) is 6.55. The maximum atomic E-state index is 6.01. The molecule has 1 aromatic carbocycles. The van der Waals surface area contributed by atoms with Crippen LogP contribution in [0, 0.1) is 0 Å². The SMILES string of the molecule is CCc1nc(N2CCN(c3ccc(Cl)cc3)CC2)c2cc(CC)sc2n1. The minimum Gasteiger partial charge on any atom is -0.368 e. The van der Waals surface area contributed by atoms with Crippen molar-refractivity contribution >= 4 is 44.7 Å². The van der Waals surface area contributed by atoms with Crippen LogP contribution in [0.5, 0.6) is 0 Å². The Bertz CT molecular complexity index is 898. The van der Waals surface area contributed by atoms with Gasteiger partial charge in [-0.1, -0.05) is 25.4 Å². The number of aromatic nitrogens is 2. The van der Waals surface area contributed by atoms with E-state index in [1.165, 1.54) is 16.0 Å². The molecule has 3 heterocycles. The molecule has 4 nitrogen and oxygen atoms in total. The summed E-state index contributed by atoms with van der Waals surface area (Å²) in [7, 11) is 0. The summed E-state index contributed by atoms with van der Waals surface area (Å²) in [6.07, 6.45) is 1.92. The van der Waals surface area contributed by atoms with Gasteiger partial charge < -0.3 is 9.80 Å². The standard InChI is InChI=1S/C20H23ClN4S/c1-3-16-13-17-19(22-18(4-2)23-20(17)26-16)25-11-9-24(10-12-25)15-7-5-14(21)6-8-15/h5-8,13H,3-4,9-12H2,1-2H3. The Kier molecular flexibility index (Phi) is 5.00. The highest BCUT2D eigenvalue weighted by atomic mass is 35.5. The highest BCUT2D eigenvalue weighted by Gasteiger charge is 2.22. The predicted octanol–water partition coefficient (Wildman–Crippen LogP) is 4.80. The van der Waals surface area contributed by atoms with E-state index in [4.69, 9.17) is 21.6 Å². The van der Waals surface area contributed by atoms with Gasteiger partial charge in [0.25, 0.3) is 0 Å². The zero-order valence-electron chi connectivity index (χ0n) is 15.2. The topological polar surface area (TPSA) is 32.3 Å². The van der Waals surface area contributed by atoms with Crippen molar-refractivity contribution < 1.29 is 0 Å². The average molecular weight is 387 g/mol. The molecule has 0 aliphatic carbocycles. The molecule has 1 saturated heterocycles. The number of hydrogen-bond donors (Lipinski definition) is 0. The van der Waals surface area contributed by atoms with Gasteiger partial charge in [0.05, 0.1) is 5.39 Å². The van der Waals surface area contributed by atoms with Crippen molar-refractivity contribution in [2.45, 2.75) is 26.7 Å². The molecule has 2 aromatic heterocycles. The highest BCUT2D eigenvalue weighted by Crippen LogP contribution is 2.32. The first-order valence-electron chi connectivity index (χ1n) is 9.22. The first-order valence-corrected chi connectivity index (χ1v) is 10.4. The van der Waals surface area contributed by atoms with Crippen LogP contribution in [0.3, 0.4) is 0 Å². The molecule has 0 spiro atoms. The van der Waals surface area contributed by atoms with Gasteiger partial charge >= 0.3 is 0 Å². The Labute approximate surface area is 163 Å². The van der Waals surface area contributed by atoms with E-state index in [-0.39, 0.29) is 0 Å². The fourth-order valence-corrected chi connectivity index (χ4v) is 4.51. The number of aryl methyl sites for hydroxylation is 2. The smallest absolute Gasteiger partial charge is 0.141 e. The number of hydrogen-bond acceptors (Lipinski definition) is 5. The van der Waals surface area contributed by atoms with E-state index >= 15 is 0 Å². The van der Waals surface area contributed by atoms with Crippen molar-refractivity contribution in [3.05, 3.63) is 46.1 Å². The van der Waals surface area contributed by atoms with Gasteiger partial charge in [-0.2, -0.15) is 0 Å². The lowest BCUT2D eigenvalue weighted by Gasteiger charge is -2.37. The maximum Gasteiger partial charge on any atom is 0.141 e. The van der Waals surface area contributed by atoms with Crippen LogP contribution in [-0.4, -0.2) is 36.1 Å². The van der Waals surface area contributed by atoms with Crippen molar-refractivity contribution in [1.82, 2.24) is 9.97 Å². The van der Waals surface area contributed by atoms with Crippen LogP contribution in [0.4, 0.5) is 11.5 Å². The molecular formula is C20H23ClN4S. The molecule has 0 N–H and O–H groups in total. The molecule has 4 rings (SSSR count). The molecule has 0 radical (unpaired) electrons. The number of benzene rings is 1. The van der Waals surface area contributed by atoms with Gasteiger partial charge in [0.2, 0.25) is 0 Å². The zero-order chi connectivity index (χ0) is 18.1. The lowest BCUT2D eigenvalue weighted by atomic mass is 10.2. The number of thiophene rings is 1. The van der Waals surface area contributed by atoms with E-state index in [0.29, 0.717) is 0 Å². The molecule has 0 atom stereocenters. The van der Waals surface area contributed by atoms with Crippen LogP contribution in [0.25, 0.3) is 10.2 Å². The summed E-state index contributed by atoms with van der Waals surface area (Å²) in [5.74, 6) is 2.05. The zero-order valence-corrected chi connectivity index (χ0v) is 16.8. The Balaban J connectivity index is 1.58. The molecule has 0 amide bonds. The van der Waals surface area contributed by atoms with Gasteiger partial charge in [0.15, 0.2) is 0 Å². The number of halogens is 1. The molecule has 1 aliphatic rings. The normalized spacial score (nSPS) is 15.0. The third kappa shape index (κ3) is 3.38. The lowest BCUT2D eigenvalue weighted by molar-refractivity contribution is 0.647. The van der Waals surface area contributed by atoms with Crippen molar-refractivity contribution in [2.75, 3.05) is 36.0 Å². The monoisotopic (exact) mass is 386 g/mol. The van der Waals surface area contributed by atoms with Crippen molar-refractivity contribution in [2.24, 2.45) is 0 Å². The Morgan fingerprint density at radius 2 is 1.65 bits per heavy atom. The van der Waals surface area contributed by atoms with E-state index in [1.54, 1.807) is 11.3 Å². The molecule has 0 saturated carbocycles. The van der Waals surface area contributed by atoms with Crippen molar-refractivity contribution in [3.63, 3.8) is 0 Å².